The smallest absolute Gasteiger partial charge is 0.387 e. The van der Waals surface area contributed by atoms with E-state index in [0.717, 1.165) is 16.8 Å². The van der Waals surface area contributed by atoms with Gasteiger partial charge in [0.2, 0.25) is 0 Å². The lowest BCUT2D eigenvalue weighted by atomic mass is 9.97. The Labute approximate surface area is 189 Å². The molecule has 1 unspecified atom stereocenters. The third-order valence-electron chi connectivity index (χ3n) is 5.76. The SMILES string of the molecule is CC(C)(O)c1ccc(-c2ccc3nc4c(n3n2)C(c2ccccc2OC(F)F)OCC4)cc1. The molecule has 0 radical (unpaired) electrons. The summed E-state index contributed by atoms with van der Waals surface area (Å²) in [7, 11) is 0. The normalized spacial score (nSPS) is 16.2. The summed E-state index contributed by atoms with van der Waals surface area (Å²) in [5, 5.41) is 15.0. The number of para-hydroxylation sites is 1. The predicted molar refractivity (Wildman–Crippen MR) is 118 cm³/mol. The van der Waals surface area contributed by atoms with Crippen molar-refractivity contribution in [3.8, 4) is 17.0 Å². The Morgan fingerprint density at radius 2 is 1.85 bits per heavy atom. The van der Waals surface area contributed by atoms with Gasteiger partial charge < -0.3 is 14.6 Å². The highest BCUT2D eigenvalue weighted by Gasteiger charge is 2.31. The van der Waals surface area contributed by atoms with Gasteiger partial charge >= 0.3 is 6.61 Å². The van der Waals surface area contributed by atoms with Gasteiger partial charge in [-0.1, -0.05) is 42.5 Å². The van der Waals surface area contributed by atoms with Crippen molar-refractivity contribution in [3.05, 3.63) is 83.2 Å². The Morgan fingerprint density at radius 3 is 2.58 bits per heavy atom. The zero-order valence-electron chi connectivity index (χ0n) is 18.2. The van der Waals surface area contributed by atoms with Crippen molar-refractivity contribution in [2.24, 2.45) is 0 Å². The standard InChI is InChI=1S/C25H23F2N3O3/c1-25(2,31)16-9-7-15(8-10-16)18-11-12-21-28-19-13-14-32-23(22(19)30(21)29-18)17-5-3-4-6-20(17)33-24(26)27/h3-12,23-24,31H,13-14H2,1-2H3. The number of aromatic nitrogens is 3. The quantitative estimate of drug-likeness (QED) is 0.468. The third kappa shape index (κ3) is 4.07. The second-order valence-electron chi connectivity index (χ2n) is 8.49. The molecule has 0 amide bonds. The van der Waals surface area contributed by atoms with Crippen molar-refractivity contribution in [2.45, 2.75) is 38.6 Å². The van der Waals surface area contributed by atoms with E-state index in [1.807, 2.05) is 36.4 Å². The number of fused-ring (bicyclic) bond motifs is 3. The molecule has 1 aliphatic heterocycles. The minimum atomic E-state index is -2.94. The van der Waals surface area contributed by atoms with Gasteiger partial charge in [-0.15, -0.1) is 0 Å². The summed E-state index contributed by atoms with van der Waals surface area (Å²) in [4.78, 5) is 4.70. The maximum absolute atomic E-state index is 13.0. The van der Waals surface area contributed by atoms with Crippen LogP contribution in [0.5, 0.6) is 5.75 Å². The molecule has 3 heterocycles. The molecule has 6 nitrogen and oxygen atoms in total. The molecule has 0 saturated carbocycles. The molecule has 0 spiro atoms. The first-order valence-electron chi connectivity index (χ1n) is 10.7. The Bertz CT molecular complexity index is 1300. The fourth-order valence-electron chi connectivity index (χ4n) is 4.14. The molecular formula is C25H23F2N3O3. The Morgan fingerprint density at radius 1 is 1.09 bits per heavy atom. The van der Waals surface area contributed by atoms with E-state index in [2.05, 4.69) is 0 Å². The Hall–Kier alpha value is -3.36. The zero-order valence-corrected chi connectivity index (χ0v) is 18.2. The van der Waals surface area contributed by atoms with Crippen LogP contribution in [-0.4, -0.2) is 32.9 Å². The van der Waals surface area contributed by atoms with E-state index in [1.54, 1.807) is 36.6 Å². The molecule has 170 valence electrons. The molecule has 1 N–H and O–H groups in total. The van der Waals surface area contributed by atoms with Gasteiger partial charge in [0.25, 0.3) is 0 Å². The van der Waals surface area contributed by atoms with Gasteiger partial charge in [-0.25, -0.2) is 9.50 Å². The van der Waals surface area contributed by atoms with E-state index >= 15 is 0 Å². The number of aliphatic hydroxyl groups is 1. The molecule has 1 atom stereocenters. The second kappa shape index (κ2) is 8.20. The molecule has 1 aliphatic rings. The Balaban J connectivity index is 1.60. The topological polar surface area (TPSA) is 68.9 Å². The highest BCUT2D eigenvalue weighted by molar-refractivity contribution is 5.61. The van der Waals surface area contributed by atoms with Crippen molar-refractivity contribution in [1.29, 1.82) is 0 Å². The van der Waals surface area contributed by atoms with Crippen molar-refractivity contribution in [1.82, 2.24) is 14.6 Å². The third-order valence-corrected chi connectivity index (χ3v) is 5.76. The molecule has 5 rings (SSSR count). The molecule has 0 saturated heterocycles. The number of imidazole rings is 1. The largest absolute Gasteiger partial charge is 0.434 e. The van der Waals surface area contributed by atoms with E-state index in [1.165, 1.54) is 6.07 Å². The van der Waals surface area contributed by atoms with Crippen LogP contribution in [0.1, 0.15) is 42.5 Å². The van der Waals surface area contributed by atoms with Gasteiger partial charge in [0.05, 0.1) is 29.3 Å². The molecule has 8 heteroatoms. The van der Waals surface area contributed by atoms with Crippen LogP contribution in [0, 0.1) is 0 Å². The molecule has 0 bridgehead atoms. The number of nitrogens with zero attached hydrogens (tertiary/aromatic N) is 3. The fraction of sp³-hybridized carbons (Fsp3) is 0.280. The van der Waals surface area contributed by atoms with Gasteiger partial charge in [-0.2, -0.15) is 13.9 Å². The first kappa shape index (κ1) is 21.5. The maximum Gasteiger partial charge on any atom is 0.387 e. The first-order chi connectivity index (χ1) is 15.8. The lowest BCUT2D eigenvalue weighted by Crippen LogP contribution is -2.20. The van der Waals surface area contributed by atoms with Crippen LogP contribution < -0.4 is 4.74 Å². The van der Waals surface area contributed by atoms with Crippen molar-refractivity contribution < 1.29 is 23.4 Å². The number of hydrogen-bond acceptors (Lipinski definition) is 5. The summed E-state index contributed by atoms with van der Waals surface area (Å²) in [6.07, 6.45) is -0.0399. The molecule has 4 aromatic rings. The number of halogens is 2. The number of rotatable bonds is 5. The summed E-state index contributed by atoms with van der Waals surface area (Å²) in [5.74, 6) is 0.0682. The lowest BCUT2D eigenvalue weighted by molar-refractivity contribution is -0.0522. The molecule has 2 aromatic heterocycles. The molecule has 0 fully saturated rings. The van der Waals surface area contributed by atoms with Crippen LogP contribution in [0.3, 0.4) is 0 Å². The van der Waals surface area contributed by atoms with Crippen LogP contribution >= 0.6 is 0 Å². The Kier molecular flexibility index (Phi) is 5.34. The van der Waals surface area contributed by atoms with E-state index in [4.69, 9.17) is 19.6 Å². The molecular weight excluding hydrogens is 428 g/mol. The summed E-state index contributed by atoms with van der Waals surface area (Å²) >= 11 is 0. The molecule has 33 heavy (non-hydrogen) atoms. The van der Waals surface area contributed by atoms with E-state index in [-0.39, 0.29) is 5.75 Å². The molecule has 2 aromatic carbocycles. The van der Waals surface area contributed by atoms with Crippen LogP contribution in [0.4, 0.5) is 8.78 Å². The summed E-state index contributed by atoms with van der Waals surface area (Å²) in [6.45, 7) is 0.947. The minimum Gasteiger partial charge on any atom is -0.434 e. The summed E-state index contributed by atoms with van der Waals surface area (Å²) in [5.41, 5.74) is 4.14. The van der Waals surface area contributed by atoms with Crippen LogP contribution in [0.15, 0.2) is 60.7 Å². The minimum absolute atomic E-state index is 0.0682. The monoisotopic (exact) mass is 451 g/mol. The van der Waals surface area contributed by atoms with Gasteiger partial charge in [0.15, 0.2) is 5.65 Å². The molecule has 0 aliphatic carbocycles. The second-order valence-corrected chi connectivity index (χ2v) is 8.49. The summed E-state index contributed by atoms with van der Waals surface area (Å²) in [6, 6.07) is 17.9. The number of alkyl halides is 2. The van der Waals surface area contributed by atoms with Gasteiger partial charge in [-0.3, -0.25) is 0 Å². The zero-order chi connectivity index (χ0) is 23.2. The average molecular weight is 451 g/mol. The van der Waals surface area contributed by atoms with E-state index in [0.29, 0.717) is 35.6 Å². The first-order valence-corrected chi connectivity index (χ1v) is 10.7. The highest BCUT2D eigenvalue weighted by Crippen LogP contribution is 2.38. The number of ether oxygens (including phenoxy) is 2. The average Bonchev–Trinajstić information content (AvgIpc) is 3.17. The van der Waals surface area contributed by atoms with Gasteiger partial charge in [0.1, 0.15) is 11.9 Å². The fourth-order valence-corrected chi connectivity index (χ4v) is 4.14. The van der Waals surface area contributed by atoms with E-state index < -0.39 is 18.3 Å². The van der Waals surface area contributed by atoms with Crippen LogP contribution in [-0.2, 0) is 16.8 Å². The van der Waals surface area contributed by atoms with Crippen LogP contribution in [0.25, 0.3) is 16.9 Å². The highest BCUT2D eigenvalue weighted by atomic mass is 19.3. The van der Waals surface area contributed by atoms with Crippen molar-refractivity contribution in [2.75, 3.05) is 6.61 Å². The number of benzene rings is 2. The predicted octanol–water partition coefficient (Wildman–Crippen LogP) is 4.89. The van der Waals surface area contributed by atoms with E-state index in [9.17, 15) is 13.9 Å². The van der Waals surface area contributed by atoms with Gasteiger partial charge in [-0.05, 0) is 37.6 Å². The van der Waals surface area contributed by atoms with Gasteiger partial charge in [0, 0.05) is 17.5 Å². The lowest BCUT2D eigenvalue weighted by Gasteiger charge is -2.25. The maximum atomic E-state index is 13.0. The summed E-state index contributed by atoms with van der Waals surface area (Å²) < 4.78 is 38.5. The van der Waals surface area contributed by atoms with Crippen molar-refractivity contribution >= 4 is 5.65 Å². The van der Waals surface area contributed by atoms with Crippen molar-refractivity contribution in [3.63, 3.8) is 0 Å². The van der Waals surface area contributed by atoms with Crippen LogP contribution in [0.2, 0.25) is 0 Å². The number of hydrogen-bond donors (Lipinski definition) is 1.